The van der Waals surface area contributed by atoms with Gasteiger partial charge in [0, 0.05) is 27.8 Å². The van der Waals surface area contributed by atoms with Crippen molar-refractivity contribution in [1.82, 2.24) is 0 Å². The van der Waals surface area contributed by atoms with E-state index in [1.807, 2.05) is 6.07 Å². The topological polar surface area (TPSA) is 21.3 Å². The Bertz CT molecular complexity index is 351. The number of ether oxygens (including phenoxy) is 1. The molecule has 1 aliphatic rings. The Hall–Kier alpha value is -0.0600. The van der Waals surface area contributed by atoms with Crippen molar-refractivity contribution in [3.8, 4) is 0 Å². The summed E-state index contributed by atoms with van der Waals surface area (Å²) < 4.78 is 7.76. The summed E-state index contributed by atoms with van der Waals surface area (Å²) >= 11 is 6.98. The van der Waals surface area contributed by atoms with Crippen LogP contribution in [0.3, 0.4) is 0 Å². The van der Waals surface area contributed by atoms with E-state index in [9.17, 15) is 0 Å². The quantitative estimate of drug-likeness (QED) is 0.880. The number of halogens is 2. The molecule has 1 aliphatic heterocycles. The lowest BCUT2D eigenvalue weighted by atomic mass is 10.2. The van der Waals surface area contributed by atoms with Crippen LogP contribution in [0.4, 0.5) is 5.69 Å². The zero-order valence-electron chi connectivity index (χ0n) is 9.01. The summed E-state index contributed by atoms with van der Waals surface area (Å²) in [7, 11) is 0. The number of anilines is 1. The van der Waals surface area contributed by atoms with Crippen LogP contribution in [0.15, 0.2) is 27.1 Å². The molecule has 0 aliphatic carbocycles. The highest BCUT2D eigenvalue weighted by Crippen LogP contribution is 2.26. The minimum Gasteiger partial charge on any atom is -0.384 e. The first-order valence-electron chi connectivity index (χ1n) is 5.56. The van der Waals surface area contributed by atoms with E-state index in [-0.39, 0.29) is 0 Å². The third-order valence-corrected chi connectivity index (χ3v) is 3.89. The van der Waals surface area contributed by atoms with Crippen LogP contribution in [-0.4, -0.2) is 19.3 Å². The predicted octanol–water partition coefficient (Wildman–Crippen LogP) is 4.19. The van der Waals surface area contributed by atoms with Crippen molar-refractivity contribution in [3.63, 3.8) is 0 Å². The zero-order valence-corrected chi connectivity index (χ0v) is 12.2. The number of hydrogen-bond donors (Lipinski definition) is 1. The van der Waals surface area contributed by atoms with Crippen molar-refractivity contribution in [2.75, 3.05) is 18.5 Å². The molecule has 0 saturated carbocycles. The number of nitrogens with one attached hydrogen (secondary N) is 1. The first-order chi connectivity index (χ1) is 7.75. The highest BCUT2D eigenvalue weighted by atomic mass is 79.9. The molecule has 1 fully saturated rings. The van der Waals surface area contributed by atoms with Crippen LogP contribution in [0.2, 0.25) is 0 Å². The van der Waals surface area contributed by atoms with Crippen molar-refractivity contribution >= 4 is 37.5 Å². The van der Waals surface area contributed by atoms with Gasteiger partial charge in [0.15, 0.2) is 0 Å². The van der Waals surface area contributed by atoms with Gasteiger partial charge in [0.2, 0.25) is 0 Å². The second kappa shape index (κ2) is 6.03. The van der Waals surface area contributed by atoms with Crippen molar-refractivity contribution < 1.29 is 4.74 Å². The van der Waals surface area contributed by atoms with Gasteiger partial charge in [0.25, 0.3) is 0 Å². The Morgan fingerprint density at radius 1 is 1.38 bits per heavy atom. The molecule has 0 amide bonds. The van der Waals surface area contributed by atoms with E-state index in [2.05, 4.69) is 49.3 Å². The SMILES string of the molecule is Brc1ccc(NCCC2CCCO2)c(Br)c1. The molecule has 1 atom stereocenters. The molecular weight excluding hydrogens is 334 g/mol. The third kappa shape index (κ3) is 3.47. The number of benzene rings is 1. The monoisotopic (exact) mass is 347 g/mol. The number of hydrogen-bond acceptors (Lipinski definition) is 2. The Labute approximate surface area is 113 Å². The fourth-order valence-electron chi connectivity index (χ4n) is 1.87. The van der Waals surface area contributed by atoms with Crippen LogP contribution >= 0.6 is 31.9 Å². The van der Waals surface area contributed by atoms with E-state index in [1.165, 1.54) is 12.8 Å². The lowest BCUT2D eigenvalue weighted by molar-refractivity contribution is 0.107. The maximum Gasteiger partial charge on any atom is 0.0592 e. The van der Waals surface area contributed by atoms with Gasteiger partial charge in [0.05, 0.1) is 6.10 Å². The minimum atomic E-state index is 0.460. The highest BCUT2D eigenvalue weighted by Gasteiger charge is 2.14. The smallest absolute Gasteiger partial charge is 0.0592 e. The summed E-state index contributed by atoms with van der Waals surface area (Å²) in [6.07, 6.45) is 3.97. The maximum absolute atomic E-state index is 5.58. The molecule has 0 radical (unpaired) electrons. The summed E-state index contributed by atoms with van der Waals surface area (Å²) in [6, 6.07) is 6.16. The second-order valence-corrected chi connectivity index (χ2v) is 5.74. The normalized spacial score (nSPS) is 20.0. The minimum absolute atomic E-state index is 0.460. The van der Waals surface area contributed by atoms with Gasteiger partial charge < -0.3 is 10.1 Å². The largest absolute Gasteiger partial charge is 0.384 e. The van der Waals surface area contributed by atoms with Crippen molar-refractivity contribution in [1.29, 1.82) is 0 Å². The molecule has 0 aromatic heterocycles. The zero-order chi connectivity index (χ0) is 11.4. The molecule has 1 aromatic rings. The predicted molar refractivity (Wildman–Crippen MR) is 73.9 cm³/mol. The van der Waals surface area contributed by atoms with Gasteiger partial charge in [-0.25, -0.2) is 0 Å². The molecular formula is C12H15Br2NO. The van der Waals surface area contributed by atoms with Crippen molar-refractivity contribution in [2.24, 2.45) is 0 Å². The Morgan fingerprint density at radius 3 is 2.94 bits per heavy atom. The van der Waals surface area contributed by atoms with Crippen LogP contribution in [-0.2, 0) is 4.74 Å². The highest BCUT2D eigenvalue weighted by molar-refractivity contribution is 9.11. The van der Waals surface area contributed by atoms with E-state index in [1.54, 1.807) is 0 Å². The van der Waals surface area contributed by atoms with E-state index in [4.69, 9.17) is 4.74 Å². The Kier molecular flexibility index (Phi) is 4.67. The summed E-state index contributed by atoms with van der Waals surface area (Å²) in [5.41, 5.74) is 1.14. The second-order valence-electron chi connectivity index (χ2n) is 3.97. The third-order valence-electron chi connectivity index (χ3n) is 2.74. The molecule has 1 aromatic carbocycles. The van der Waals surface area contributed by atoms with E-state index in [0.29, 0.717) is 6.10 Å². The van der Waals surface area contributed by atoms with Gasteiger partial charge in [-0.1, -0.05) is 15.9 Å². The molecule has 0 spiro atoms. The van der Waals surface area contributed by atoms with Gasteiger partial charge in [-0.15, -0.1) is 0 Å². The van der Waals surface area contributed by atoms with Gasteiger partial charge in [-0.2, -0.15) is 0 Å². The molecule has 2 rings (SSSR count). The van der Waals surface area contributed by atoms with Crippen LogP contribution in [0.5, 0.6) is 0 Å². The average molecular weight is 349 g/mol. The number of rotatable bonds is 4. The lowest BCUT2D eigenvalue weighted by Gasteiger charge is -2.12. The molecule has 1 heterocycles. The maximum atomic E-state index is 5.58. The fourth-order valence-corrected chi connectivity index (χ4v) is 3.06. The first-order valence-corrected chi connectivity index (χ1v) is 7.15. The molecule has 1 N–H and O–H groups in total. The standard InChI is InChI=1S/C12H15Br2NO/c13-9-3-4-12(11(14)8-9)15-6-5-10-2-1-7-16-10/h3-4,8,10,15H,1-2,5-7H2. The lowest BCUT2D eigenvalue weighted by Crippen LogP contribution is -2.12. The summed E-state index contributed by atoms with van der Waals surface area (Å²) in [5, 5.41) is 3.42. The van der Waals surface area contributed by atoms with Gasteiger partial charge >= 0.3 is 0 Å². The van der Waals surface area contributed by atoms with E-state index >= 15 is 0 Å². The fraction of sp³-hybridized carbons (Fsp3) is 0.500. The van der Waals surface area contributed by atoms with Crippen LogP contribution in [0.1, 0.15) is 19.3 Å². The van der Waals surface area contributed by atoms with Gasteiger partial charge in [0.1, 0.15) is 0 Å². The van der Waals surface area contributed by atoms with Crippen LogP contribution < -0.4 is 5.32 Å². The average Bonchev–Trinajstić information content (AvgIpc) is 2.74. The molecule has 0 bridgehead atoms. The van der Waals surface area contributed by atoms with Crippen molar-refractivity contribution in [2.45, 2.75) is 25.4 Å². The van der Waals surface area contributed by atoms with Crippen LogP contribution in [0, 0.1) is 0 Å². The summed E-state index contributed by atoms with van der Waals surface area (Å²) in [6.45, 7) is 1.90. The Morgan fingerprint density at radius 2 is 2.25 bits per heavy atom. The molecule has 88 valence electrons. The van der Waals surface area contributed by atoms with Crippen LogP contribution in [0.25, 0.3) is 0 Å². The first kappa shape index (κ1) is 12.4. The molecule has 4 heteroatoms. The summed E-state index contributed by atoms with van der Waals surface area (Å²) in [5.74, 6) is 0. The van der Waals surface area contributed by atoms with Gasteiger partial charge in [-0.3, -0.25) is 0 Å². The summed E-state index contributed by atoms with van der Waals surface area (Å²) in [4.78, 5) is 0. The molecule has 1 saturated heterocycles. The van der Waals surface area contributed by atoms with Crippen molar-refractivity contribution in [3.05, 3.63) is 27.1 Å². The Balaban J connectivity index is 1.80. The molecule has 2 nitrogen and oxygen atoms in total. The molecule has 16 heavy (non-hydrogen) atoms. The van der Waals surface area contributed by atoms with E-state index < -0.39 is 0 Å². The van der Waals surface area contributed by atoms with Gasteiger partial charge in [-0.05, 0) is 53.4 Å². The molecule has 1 unspecified atom stereocenters. The van der Waals surface area contributed by atoms with E-state index in [0.717, 1.165) is 34.2 Å².